The van der Waals surface area contributed by atoms with Crippen LogP contribution in [0.3, 0.4) is 0 Å². The van der Waals surface area contributed by atoms with Crippen LogP contribution in [0.4, 0.5) is 15.0 Å². The van der Waals surface area contributed by atoms with Crippen LogP contribution in [0.5, 0.6) is 5.75 Å². The Hall–Kier alpha value is -7.12. The molecular formula is C58H59FN6O5S. The van der Waals surface area contributed by atoms with Crippen molar-refractivity contribution in [2.75, 3.05) is 30.8 Å². The van der Waals surface area contributed by atoms with Crippen LogP contribution in [0.1, 0.15) is 105 Å². The average molecular weight is 971 g/mol. The summed E-state index contributed by atoms with van der Waals surface area (Å²) in [5.41, 5.74) is 6.23. The molecular weight excluding hydrogens is 912 g/mol. The molecule has 6 aromatic carbocycles. The summed E-state index contributed by atoms with van der Waals surface area (Å²) in [4.78, 5) is 25.6. The number of likely N-dealkylation sites (N-methyl/N-ethyl adjacent to an activating group) is 1. The topological polar surface area (TPSA) is 131 Å². The summed E-state index contributed by atoms with van der Waals surface area (Å²) < 4.78 is 55.2. The molecule has 13 heteroatoms. The second-order valence-electron chi connectivity index (χ2n) is 20.1. The van der Waals surface area contributed by atoms with Gasteiger partial charge >= 0.3 is 6.09 Å². The van der Waals surface area contributed by atoms with Gasteiger partial charge in [0.25, 0.3) is 0 Å². The van der Waals surface area contributed by atoms with Crippen LogP contribution in [-0.2, 0) is 20.8 Å². The van der Waals surface area contributed by atoms with E-state index in [0.717, 1.165) is 51.8 Å². The smallest absolute Gasteiger partial charge is 0.407 e. The number of ether oxygens (including phenoxy) is 1. The number of amides is 1. The molecule has 2 fully saturated rings. The van der Waals surface area contributed by atoms with E-state index >= 15 is 4.39 Å². The molecule has 1 N–H and O–H groups in total. The summed E-state index contributed by atoms with van der Waals surface area (Å²) in [6.45, 7) is 12.1. The van der Waals surface area contributed by atoms with Crippen molar-refractivity contribution in [3.8, 4) is 16.9 Å². The summed E-state index contributed by atoms with van der Waals surface area (Å²) >= 11 is 0. The van der Waals surface area contributed by atoms with Crippen molar-refractivity contribution in [3.05, 3.63) is 178 Å². The number of hydrogen-bond donors (Lipinski definition) is 1. The summed E-state index contributed by atoms with van der Waals surface area (Å²) in [6, 6.07) is 41.8. The first kappa shape index (κ1) is 47.6. The molecule has 1 saturated heterocycles. The number of likely N-dealkylation sites (tertiary alicyclic amines) is 1. The predicted molar refractivity (Wildman–Crippen MR) is 278 cm³/mol. The number of aromatic nitrogens is 4. The highest BCUT2D eigenvalue weighted by molar-refractivity contribution is 7.91. The van der Waals surface area contributed by atoms with Gasteiger partial charge in [0.15, 0.2) is 0 Å². The van der Waals surface area contributed by atoms with Crippen LogP contribution in [-0.4, -0.2) is 76.2 Å². The number of sulfone groups is 1. The number of carbonyl (C=O) groups is 1. The Kier molecular flexibility index (Phi) is 12.2. The first-order chi connectivity index (χ1) is 34.0. The number of rotatable bonds is 13. The van der Waals surface area contributed by atoms with Crippen molar-refractivity contribution in [2.24, 2.45) is 0 Å². The molecule has 364 valence electrons. The number of carboxylic acid groups (broad SMARTS) is 1. The maximum absolute atomic E-state index is 17.4. The van der Waals surface area contributed by atoms with Crippen LogP contribution in [0.25, 0.3) is 32.9 Å². The zero-order valence-corrected chi connectivity index (χ0v) is 42.0. The number of nitrogens with zero attached hydrogens (tertiary/aromatic N) is 6. The molecule has 71 heavy (non-hydrogen) atoms. The van der Waals surface area contributed by atoms with Crippen LogP contribution < -0.4 is 9.64 Å². The van der Waals surface area contributed by atoms with E-state index in [0.29, 0.717) is 57.5 Å². The van der Waals surface area contributed by atoms with Crippen LogP contribution >= 0.6 is 0 Å². The molecule has 1 saturated carbocycles. The van der Waals surface area contributed by atoms with Gasteiger partial charge in [0.2, 0.25) is 15.0 Å². The van der Waals surface area contributed by atoms with Crippen LogP contribution in [0.15, 0.2) is 139 Å². The van der Waals surface area contributed by atoms with Crippen molar-refractivity contribution in [3.63, 3.8) is 0 Å². The van der Waals surface area contributed by atoms with Gasteiger partial charge in [-0.1, -0.05) is 149 Å². The number of hydrogen-bond acceptors (Lipinski definition) is 8. The maximum atomic E-state index is 17.4. The summed E-state index contributed by atoms with van der Waals surface area (Å²) in [5.74, 6) is 0.114. The highest BCUT2D eigenvalue weighted by Gasteiger charge is 2.43. The molecule has 1 unspecified atom stereocenters. The van der Waals surface area contributed by atoms with Gasteiger partial charge in [-0.3, -0.25) is 4.68 Å². The number of halogens is 1. The highest BCUT2D eigenvalue weighted by Crippen LogP contribution is 2.58. The molecule has 10 rings (SSSR count). The Labute approximate surface area is 414 Å². The first-order valence-electron chi connectivity index (χ1n) is 24.5. The van der Waals surface area contributed by atoms with Gasteiger partial charge in [-0.2, -0.15) is 5.10 Å². The Balaban J connectivity index is 1.37. The minimum atomic E-state index is -4.04. The molecule has 0 radical (unpaired) electrons. The van der Waals surface area contributed by atoms with Gasteiger partial charge in [0, 0.05) is 49.4 Å². The van der Waals surface area contributed by atoms with Crippen LogP contribution in [0.2, 0.25) is 0 Å². The second kappa shape index (κ2) is 18.2. The molecule has 8 aromatic rings. The van der Waals surface area contributed by atoms with E-state index in [4.69, 9.17) is 19.8 Å². The molecule has 2 aliphatic rings. The van der Waals surface area contributed by atoms with E-state index in [-0.39, 0.29) is 29.4 Å². The molecule has 11 nitrogen and oxygen atoms in total. The molecule has 1 amide bonds. The SMILES string of the molecule is CCS(=O)(=O)c1nc(N(C)[C@H]2CCN(C(=O)O)C2)c2c(OC(C)c3ccccc3)c(C3CC3)c(-c3c(C)c(F)cc4nn(C(c5ccccc5)(c5ccccc5)c5ccccc5)cc34)c(C(C)(C)C)c2n1. The summed E-state index contributed by atoms with van der Waals surface area (Å²) in [5, 5.41) is 16.3. The van der Waals surface area contributed by atoms with E-state index in [1.54, 1.807) is 13.8 Å². The minimum Gasteiger partial charge on any atom is -0.485 e. The van der Waals surface area contributed by atoms with Gasteiger partial charge in [-0.05, 0) is 89.0 Å². The Bertz CT molecular complexity index is 3320. The molecule has 1 aliphatic carbocycles. The van der Waals surface area contributed by atoms with Gasteiger partial charge in [-0.15, -0.1) is 0 Å². The quantitative estimate of drug-likeness (QED) is 0.0886. The molecule has 2 aromatic heterocycles. The van der Waals surface area contributed by atoms with Crippen molar-refractivity contribution >= 4 is 43.6 Å². The van der Waals surface area contributed by atoms with Crippen molar-refractivity contribution in [2.45, 2.75) is 95.0 Å². The fourth-order valence-corrected chi connectivity index (χ4v) is 11.5. The standard InChI is InChI=1S/C58H59FN6O5S/c1-8-71(68,69)55-60-52-50(54(61-55)63(7)43-31-32-64(34-43)56(66)67)53(70-37(3)38-21-13-9-14-22-38)48(39-29-30-39)49(51(52)57(4,5)6)47-36(2)45(59)33-46-44(47)35-65(62-46)58(40-23-15-10-16-24-40,41-25-17-11-18-26-41)42-27-19-12-20-28-42/h9-28,33,35,37,39,43H,8,29-32,34H2,1-7H3,(H,66,67)/t37?,43-/m0/s1. The van der Waals surface area contributed by atoms with Gasteiger partial charge in [0.05, 0.1) is 22.2 Å². The Morgan fingerprint density at radius 2 is 1.42 bits per heavy atom. The summed E-state index contributed by atoms with van der Waals surface area (Å²) in [7, 11) is -2.19. The predicted octanol–water partition coefficient (Wildman–Crippen LogP) is 12.2. The third kappa shape index (κ3) is 8.27. The Morgan fingerprint density at radius 1 is 0.859 bits per heavy atom. The minimum absolute atomic E-state index is 0.0236. The molecule has 0 bridgehead atoms. The van der Waals surface area contributed by atoms with Crippen molar-refractivity contribution < 1.29 is 27.4 Å². The fraction of sp³-hybridized carbons (Fsp3) is 0.310. The van der Waals surface area contributed by atoms with Crippen molar-refractivity contribution in [1.82, 2.24) is 24.6 Å². The zero-order chi connectivity index (χ0) is 50.0. The number of anilines is 1. The Morgan fingerprint density at radius 3 is 1.93 bits per heavy atom. The van der Waals surface area contributed by atoms with E-state index in [1.165, 1.54) is 11.0 Å². The zero-order valence-electron chi connectivity index (χ0n) is 41.2. The second-order valence-corrected chi connectivity index (χ2v) is 22.3. The molecule has 1 aliphatic heterocycles. The van der Waals surface area contributed by atoms with Crippen molar-refractivity contribution in [1.29, 1.82) is 0 Å². The summed E-state index contributed by atoms with van der Waals surface area (Å²) in [6.07, 6.45) is 2.69. The third-order valence-electron chi connectivity index (χ3n) is 14.5. The maximum Gasteiger partial charge on any atom is 0.407 e. The van der Waals surface area contributed by atoms with Crippen LogP contribution in [0, 0.1) is 12.7 Å². The van der Waals surface area contributed by atoms with E-state index in [9.17, 15) is 18.3 Å². The van der Waals surface area contributed by atoms with Gasteiger partial charge in [-0.25, -0.2) is 27.6 Å². The molecule has 3 heterocycles. The fourth-order valence-electron chi connectivity index (χ4n) is 10.8. The van der Waals surface area contributed by atoms with Gasteiger partial charge in [0.1, 0.15) is 29.0 Å². The van der Waals surface area contributed by atoms with Gasteiger partial charge < -0.3 is 19.6 Å². The molecule has 0 spiro atoms. The van der Waals surface area contributed by atoms with E-state index in [1.807, 2.05) is 115 Å². The first-order valence-corrected chi connectivity index (χ1v) is 26.1. The monoisotopic (exact) mass is 970 g/mol. The lowest BCUT2D eigenvalue weighted by atomic mass is 9.75. The largest absolute Gasteiger partial charge is 0.485 e. The van der Waals surface area contributed by atoms with E-state index in [2.05, 4.69) is 57.2 Å². The number of benzene rings is 6. The lowest BCUT2D eigenvalue weighted by molar-refractivity contribution is 0.155. The average Bonchev–Trinajstić information content (AvgIpc) is 3.92. The lowest BCUT2D eigenvalue weighted by Gasteiger charge is -2.36. The van der Waals surface area contributed by atoms with E-state index < -0.39 is 38.8 Å². The normalized spacial score (nSPS) is 15.9. The highest BCUT2D eigenvalue weighted by atomic mass is 32.2. The number of fused-ring (bicyclic) bond motifs is 2. The lowest BCUT2D eigenvalue weighted by Crippen LogP contribution is -2.38. The molecule has 2 atom stereocenters. The third-order valence-corrected chi connectivity index (χ3v) is 16.0.